The summed E-state index contributed by atoms with van der Waals surface area (Å²) in [6.07, 6.45) is 0.366. The maximum atomic E-state index is 10.0. The van der Waals surface area contributed by atoms with Crippen LogP contribution in [0.3, 0.4) is 0 Å². The normalized spacial score (nSPS) is 22.8. The molecule has 0 aliphatic carbocycles. The number of nitrogens with zero attached hydrogens (tertiary/aromatic N) is 3. The van der Waals surface area contributed by atoms with E-state index in [0.29, 0.717) is 29.9 Å². The first kappa shape index (κ1) is 17.2. The van der Waals surface area contributed by atoms with Crippen LogP contribution in [0, 0.1) is 0 Å². The standard InChI is InChI=1S/C18H18ClN3O4/c19-18-20-12-6-7-22(15-8-13(24)14(9-23)26-15)16(12)17(21-18)25-10-11-4-2-1-3-5-11/h1-7,13-15,23-24H,8-10H2/t13-,14+,15+/m0/s1. The summed E-state index contributed by atoms with van der Waals surface area (Å²) >= 11 is 6.03. The van der Waals surface area contributed by atoms with Gasteiger partial charge in [-0.2, -0.15) is 4.98 Å². The molecule has 8 heteroatoms. The smallest absolute Gasteiger partial charge is 0.243 e. The number of rotatable bonds is 5. The van der Waals surface area contributed by atoms with Crippen LogP contribution in [0.15, 0.2) is 42.6 Å². The Labute approximate surface area is 154 Å². The van der Waals surface area contributed by atoms with E-state index in [9.17, 15) is 10.2 Å². The summed E-state index contributed by atoms with van der Waals surface area (Å²) in [4.78, 5) is 8.45. The number of aromatic nitrogens is 3. The summed E-state index contributed by atoms with van der Waals surface area (Å²) in [5.74, 6) is 0.347. The average molecular weight is 376 g/mol. The van der Waals surface area contributed by atoms with Gasteiger partial charge in [-0.05, 0) is 23.2 Å². The molecule has 2 N–H and O–H groups in total. The Morgan fingerprint density at radius 3 is 2.77 bits per heavy atom. The third-order valence-electron chi connectivity index (χ3n) is 4.42. The van der Waals surface area contributed by atoms with Crippen molar-refractivity contribution in [1.29, 1.82) is 0 Å². The van der Waals surface area contributed by atoms with Gasteiger partial charge >= 0.3 is 0 Å². The lowest BCUT2D eigenvalue weighted by molar-refractivity contribution is -0.0430. The second kappa shape index (κ2) is 7.20. The first-order valence-electron chi connectivity index (χ1n) is 8.31. The summed E-state index contributed by atoms with van der Waals surface area (Å²) in [6.45, 7) is 0.0957. The summed E-state index contributed by atoms with van der Waals surface area (Å²) < 4.78 is 13.5. The van der Waals surface area contributed by atoms with Crippen LogP contribution in [0.25, 0.3) is 11.0 Å². The lowest BCUT2D eigenvalue weighted by Gasteiger charge is -2.16. The Morgan fingerprint density at radius 1 is 1.23 bits per heavy atom. The molecule has 1 saturated heterocycles. The van der Waals surface area contributed by atoms with Crippen molar-refractivity contribution in [3.63, 3.8) is 0 Å². The molecule has 3 heterocycles. The fourth-order valence-electron chi connectivity index (χ4n) is 3.12. The van der Waals surface area contributed by atoms with Crippen LogP contribution in [0.2, 0.25) is 5.28 Å². The fourth-order valence-corrected chi connectivity index (χ4v) is 3.29. The van der Waals surface area contributed by atoms with Gasteiger partial charge in [0.1, 0.15) is 24.5 Å². The van der Waals surface area contributed by atoms with Crippen LogP contribution < -0.4 is 4.74 Å². The highest BCUT2D eigenvalue weighted by atomic mass is 35.5. The molecule has 0 saturated carbocycles. The maximum absolute atomic E-state index is 10.0. The molecule has 1 aliphatic heterocycles. The molecule has 1 fully saturated rings. The molecule has 1 aromatic carbocycles. The largest absolute Gasteiger partial charge is 0.471 e. The van der Waals surface area contributed by atoms with Crippen molar-refractivity contribution in [1.82, 2.24) is 14.5 Å². The number of aliphatic hydroxyl groups is 2. The summed E-state index contributed by atoms with van der Waals surface area (Å²) in [7, 11) is 0. The zero-order chi connectivity index (χ0) is 18.1. The Morgan fingerprint density at radius 2 is 2.04 bits per heavy atom. The van der Waals surface area contributed by atoms with Crippen LogP contribution in [-0.2, 0) is 11.3 Å². The molecule has 0 spiro atoms. The highest BCUT2D eigenvalue weighted by molar-refractivity contribution is 6.28. The van der Waals surface area contributed by atoms with Gasteiger partial charge in [-0.25, -0.2) is 4.98 Å². The Balaban J connectivity index is 1.67. The molecule has 3 atom stereocenters. The number of benzene rings is 1. The van der Waals surface area contributed by atoms with Gasteiger partial charge in [0.2, 0.25) is 11.2 Å². The monoisotopic (exact) mass is 375 g/mol. The molecule has 0 bridgehead atoms. The van der Waals surface area contributed by atoms with Gasteiger partial charge in [-0.3, -0.25) is 0 Å². The van der Waals surface area contributed by atoms with Gasteiger partial charge in [0.25, 0.3) is 0 Å². The molecule has 3 aromatic rings. The van der Waals surface area contributed by atoms with E-state index in [4.69, 9.17) is 21.1 Å². The van der Waals surface area contributed by atoms with Crippen LogP contribution in [0.1, 0.15) is 18.2 Å². The van der Waals surface area contributed by atoms with Crippen molar-refractivity contribution in [3.8, 4) is 5.88 Å². The van der Waals surface area contributed by atoms with E-state index in [1.165, 1.54) is 0 Å². The molecule has 1 aliphatic rings. The van der Waals surface area contributed by atoms with Crippen LogP contribution in [0.5, 0.6) is 5.88 Å². The van der Waals surface area contributed by atoms with Gasteiger partial charge in [-0.1, -0.05) is 30.3 Å². The number of hydrogen-bond acceptors (Lipinski definition) is 6. The number of halogens is 1. The predicted octanol–water partition coefficient (Wildman–Crippen LogP) is 2.30. The van der Waals surface area contributed by atoms with E-state index < -0.39 is 18.4 Å². The lowest BCUT2D eigenvalue weighted by Crippen LogP contribution is -2.24. The molecular weight excluding hydrogens is 358 g/mol. The summed E-state index contributed by atoms with van der Waals surface area (Å²) in [5, 5.41) is 19.4. The van der Waals surface area contributed by atoms with Gasteiger partial charge in [0, 0.05) is 12.6 Å². The molecular formula is C18H18ClN3O4. The minimum atomic E-state index is -0.732. The molecule has 0 radical (unpaired) electrons. The Hall–Kier alpha value is -2.19. The minimum absolute atomic E-state index is 0.0962. The Kier molecular flexibility index (Phi) is 4.78. The molecule has 0 amide bonds. The molecule has 4 rings (SSSR count). The average Bonchev–Trinajstić information content (AvgIpc) is 3.23. The SMILES string of the molecule is OC[C@H]1O[C@@H](n2ccc3nc(Cl)nc(OCc4ccccc4)c32)C[C@@H]1O. The molecule has 7 nitrogen and oxygen atoms in total. The number of aliphatic hydroxyl groups excluding tert-OH is 2. The first-order chi connectivity index (χ1) is 12.7. The lowest BCUT2D eigenvalue weighted by atomic mass is 10.2. The summed E-state index contributed by atoms with van der Waals surface area (Å²) in [6, 6.07) is 11.5. The third kappa shape index (κ3) is 3.26. The molecule has 136 valence electrons. The van der Waals surface area contributed by atoms with Crippen LogP contribution >= 0.6 is 11.6 Å². The number of hydrogen-bond donors (Lipinski definition) is 2. The van der Waals surface area contributed by atoms with Gasteiger partial charge in [0.05, 0.1) is 18.2 Å². The highest BCUT2D eigenvalue weighted by Crippen LogP contribution is 2.35. The predicted molar refractivity (Wildman–Crippen MR) is 94.9 cm³/mol. The second-order valence-electron chi connectivity index (χ2n) is 6.14. The fraction of sp³-hybridized carbons (Fsp3) is 0.333. The van der Waals surface area contributed by atoms with E-state index in [2.05, 4.69) is 9.97 Å². The maximum Gasteiger partial charge on any atom is 0.243 e. The summed E-state index contributed by atoms with van der Waals surface area (Å²) in [5.41, 5.74) is 2.26. The molecule has 26 heavy (non-hydrogen) atoms. The van der Waals surface area contributed by atoms with Crippen molar-refractivity contribution < 1.29 is 19.7 Å². The van der Waals surface area contributed by atoms with E-state index >= 15 is 0 Å². The Bertz CT molecular complexity index is 902. The topological polar surface area (TPSA) is 89.6 Å². The number of fused-ring (bicyclic) bond motifs is 1. The zero-order valence-electron chi connectivity index (χ0n) is 13.8. The van der Waals surface area contributed by atoms with Crippen LogP contribution in [0.4, 0.5) is 0 Å². The molecule has 2 aromatic heterocycles. The van der Waals surface area contributed by atoms with E-state index in [1.54, 1.807) is 12.3 Å². The van der Waals surface area contributed by atoms with Crippen molar-refractivity contribution >= 4 is 22.6 Å². The first-order valence-corrected chi connectivity index (χ1v) is 8.68. The van der Waals surface area contributed by atoms with Crippen LogP contribution in [-0.4, -0.2) is 43.6 Å². The van der Waals surface area contributed by atoms with E-state index in [1.807, 2.05) is 34.9 Å². The van der Waals surface area contributed by atoms with Crippen molar-refractivity contribution in [2.45, 2.75) is 31.5 Å². The van der Waals surface area contributed by atoms with Crippen molar-refractivity contribution in [3.05, 3.63) is 53.4 Å². The van der Waals surface area contributed by atoms with Gasteiger partial charge < -0.3 is 24.3 Å². The highest BCUT2D eigenvalue weighted by Gasteiger charge is 2.35. The van der Waals surface area contributed by atoms with Crippen molar-refractivity contribution in [2.75, 3.05) is 6.61 Å². The van der Waals surface area contributed by atoms with E-state index in [-0.39, 0.29) is 11.9 Å². The van der Waals surface area contributed by atoms with Crippen molar-refractivity contribution in [2.24, 2.45) is 0 Å². The second-order valence-corrected chi connectivity index (χ2v) is 6.48. The van der Waals surface area contributed by atoms with E-state index in [0.717, 1.165) is 5.56 Å². The number of ether oxygens (including phenoxy) is 2. The van der Waals surface area contributed by atoms with Gasteiger partial charge in [0.15, 0.2) is 0 Å². The third-order valence-corrected chi connectivity index (χ3v) is 4.58. The molecule has 0 unspecified atom stereocenters. The zero-order valence-corrected chi connectivity index (χ0v) is 14.6. The van der Waals surface area contributed by atoms with Gasteiger partial charge in [-0.15, -0.1) is 0 Å². The minimum Gasteiger partial charge on any atom is -0.471 e. The quantitative estimate of drug-likeness (QED) is 0.665.